The van der Waals surface area contributed by atoms with E-state index in [-0.39, 0.29) is 6.04 Å². The Bertz CT molecular complexity index is 776. The molecule has 1 aromatic rings. The van der Waals surface area contributed by atoms with Crippen LogP contribution in [0.5, 0.6) is 0 Å². The lowest BCUT2D eigenvalue weighted by atomic mass is 10.1. The van der Waals surface area contributed by atoms with Crippen molar-refractivity contribution in [2.24, 2.45) is 10.7 Å². The van der Waals surface area contributed by atoms with Gasteiger partial charge in [0.2, 0.25) is 0 Å². The lowest BCUT2D eigenvalue weighted by Gasteiger charge is -2.35. The van der Waals surface area contributed by atoms with Gasteiger partial charge in [-0.05, 0) is 55.4 Å². The Morgan fingerprint density at radius 3 is 2.81 bits per heavy atom. The predicted octanol–water partition coefficient (Wildman–Crippen LogP) is 1.56. The van der Waals surface area contributed by atoms with Crippen molar-refractivity contribution < 1.29 is 8.42 Å². The number of nitrogens with zero attached hydrogens (tertiary/aromatic N) is 3. The van der Waals surface area contributed by atoms with Crippen LogP contribution in [0.2, 0.25) is 0 Å². The molecule has 1 aliphatic heterocycles. The average Bonchev–Trinajstić information content (AvgIpc) is 3.07. The average molecular weight is 380 g/mol. The van der Waals surface area contributed by atoms with Crippen molar-refractivity contribution in [3.63, 3.8) is 0 Å². The molecule has 0 aromatic heterocycles. The highest BCUT2D eigenvalue weighted by Gasteiger charge is 2.33. The SMILES string of the molecule is CN(C)S(=O)(=O)N1CCCCC1CN=C(N)Nc1ccc2c(c1)CCC2. The van der Waals surface area contributed by atoms with Gasteiger partial charge < -0.3 is 11.1 Å². The van der Waals surface area contributed by atoms with Crippen molar-refractivity contribution in [3.05, 3.63) is 29.3 Å². The third-order valence-corrected chi connectivity index (χ3v) is 7.17. The molecule has 0 bridgehead atoms. The van der Waals surface area contributed by atoms with Crippen LogP contribution in [0.15, 0.2) is 23.2 Å². The Kier molecular flexibility index (Phi) is 5.84. The number of aliphatic imine (C=N–C) groups is 1. The molecule has 144 valence electrons. The predicted molar refractivity (Wildman–Crippen MR) is 106 cm³/mol. The lowest BCUT2D eigenvalue weighted by Crippen LogP contribution is -2.50. The van der Waals surface area contributed by atoms with Crippen molar-refractivity contribution in [2.45, 2.75) is 44.6 Å². The fourth-order valence-corrected chi connectivity index (χ4v) is 5.04. The van der Waals surface area contributed by atoms with Gasteiger partial charge in [0, 0.05) is 32.4 Å². The van der Waals surface area contributed by atoms with Gasteiger partial charge in [0.25, 0.3) is 10.2 Å². The van der Waals surface area contributed by atoms with Crippen LogP contribution < -0.4 is 11.1 Å². The Morgan fingerprint density at radius 1 is 1.27 bits per heavy atom. The number of fused-ring (bicyclic) bond motifs is 1. The zero-order valence-electron chi connectivity index (χ0n) is 15.6. The van der Waals surface area contributed by atoms with Crippen LogP contribution in [-0.2, 0) is 23.1 Å². The van der Waals surface area contributed by atoms with Crippen LogP contribution in [-0.4, -0.2) is 56.2 Å². The van der Waals surface area contributed by atoms with E-state index in [2.05, 4.69) is 22.4 Å². The molecule has 1 aromatic carbocycles. The van der Waals surface area contributed by atoms with Gasteiger partial charge in [0.1, 0.15) is 0 Å². The number of anilines is 1. The number of rotatable bonds is 5. The molecule has 0 radical (unpaired) electrons. The summed E-state index contributed by atoms with van der Waals surface area (Å²) >= 11 is 0. The van der Waals surface area contributed by atoms with Crippen molar-refractivity contribution in [2.75, 3.05) is 32.5 Å². The van der Waals surface area contributed by atoms with Crippen LogP contribution in [0.3, 0.4) is 0 Å². The molecular weight excluding hydrogens is 350 g/mol. The zero-order valence-corrected chi connectivity index (χ0v) is 16.4. The van der Waals surface area contributed by atoms with E-state index >= 15 is 0 Å². The first-order valence-corrected chi connectivity index (χ1v) is 10.7. The number of hydrogen-bond donors (Lipinski definition) is 2. The minimum Gasteiger partial charge on any atom is -0.370 e. The van der Waals surface area contributed by atoms with Crippen LogP contribution in [0, 0.1) is 0 Å². The van der Waals surface area contributed by atoms with E-state index in [0.717, 1.165) is 37.8 Å². The third-order valence-electron chi connectivity index (χ3n) is 5.17. The Hall–Kier alpha value is -1.64. The quantitative estimate of drug-likeness (QED) is 0.600. The summed E-state index contributed by atoms with van der Waals surface area (Å²) in [5, 5.41) is 3.14. The molecule has 0 spiro atoms. The van der Waals surface area contributed by atoms with Crippen molar-refractivity contribution in [3.8, 4) is 0 Å². The number of nitrogens with one attached hydrogen (secondary N) is 1. The number of aryl methyl sites for hydroxylation is 2. The van der Waals surface area contributed by atoms with E-state index in [9.17, 15) is 8.42 Å². The smallest absolute Gasteiger partial charge is 0.281 e. The maximum absolute atomic E-state index is 12.5. The van der Waals surface area contributed by atoms with Crippen LogP contribution >= 0.6 is 0 Å². The maximum atomic E-state index is 12.5. The largest absolute Gasteiger partial charge is 0.370 e. The van der Waals surface area contributed by atoms with Crippen molar-refractivity contribution in [1.82, 2.24) is 8.61 Å². The minimum atomic E-state index is -3.43. The van der Waals surface area contributed by atoms with E-state index in [4.69, 9.17) is 5.73 Å². The molecule has 0 saturated carbocycles. The lowest BCUT2D eigenvalue weighted by molar-refractivity contribution is 0.245. The molecule has 0 amide bonds. The molecule has 3 N–H and O–H groups in total. The van der Waals surface area contributed by atoms with E-state index in [1.54, 1.807) is 18.4 Å². The highest BCUT2D eigenvalue weighted by Crippen LogP contribution is 2.25. The standard InChI is InChI=1S/C18H29N5O2S/c1-22(2)26(24,25)23-11-4-3-8-17(23)13-20-18(19)21-16-10-9-14-6-5-7-15(14)12-16/h9-10,12,17H,3-8,11,13H2,1-2H3,(H3,19,20,21). The van der Waals surface area contributed by atoms with Gasteiger partial charge in [-0.3, -0.25) is 4.99 Å². The summed E-state index contributed by atoms with van der Waals surface area (Å²) in [4.78, 5) is 4.42. The summed E-state index contributed by atoms with van der Waals surface area (Å²) in [6, 6.07) is 6.16. The van der Waals surface area contributed by atoms with Crippen LogP contribution in [0.25, 0.3) is 0 Å². The van der Waals surface area contributed by atoms with Gasteiger partial charge in [-0.1, -0.05) is 12.5 Å². The maximum Gasteiger partial charge on any atom is 0.281 e. The molecule has 26 heavy (non-hydrogen) atoms. The normalized spacial score (nSPS) is 21.8. The van der Waals surface area contributed by atoms with Crippen molar-refractivity contribution >= 4 is 21.9 Å². The molecule has 1 saturated heterocycles. The summed E-state index contributed by atoms with van der Waals surface area (Å²) in [6.45, 7) is 0.912. The number of guanidine groups is 1. The summed E-state index contributed by atoms with van der Waals surface area (Å²) < 4.78 is 27.8. The number of piperidine rings is 1. The summed E-state index contributed by atoms with van der Waals surface area (Å²) in [5.74, 6) is 0.329. The molecule has 1 aliphatic carbocycles. The number of nitrogens with two attached hydrogens (primary N) is 1. The van der Waals surface area contributed by atoms with E-state index in [1.165, 1.54) is 21.9 Å². The first-order valence-electron chi connectivity index (χ1n) is 9.26. The summed E-state index contributed by atoms with van der Waals surface area (Å²) in [7, 11) is -0.300. The van der Waals surface area contributed by atoms with Gasteiger partial charge in [0.05, 0.1) is 6.54 Å². The minimum absolute atomic E-state index is 0.142. The molecule has 1 unspecified atom stereocenters. The first kappa shape index (κ1) is 19.1. The third kappa shape index (κ3) is 4.19. The van der Waals surface area contributed by atoms with E-state index < -0.39 is 10.2 Å². The van der Waals surface area contributed by atoms with Gasteiger partial charge in [-0.2, -0.15) is 17.0 Å². The second kappa shape index (κ2) is 7.94. The molecule has 1 fully saturated rings. The Morgan fingerprint density at radius 2 is 2.04 bits per heavy atom. The number of hydrogen-bond acceptors (Lipinski definition) is 3. The summed E-state index contributed by atoms with van der Waals surface area (Å²) in [6.07, 6.45) is 6.18. The van der Waals surface area contributed by atoms with Gasteiger partial charge in [-0.15, -0.1) is 0 Å². The second-order valence-corrected chi connectivity index (χ2v) is 9.33. The van der Waals surface area contributed by atoms with E-state index in [1.807, 2.05) is 6.07 Å². The molecule has 7 nitrogen and oxygen atoms in total. The van der Waals surface area contributed by atoms with Crippen LogP contribution in [0.1, 0.15) is 36.8 Å². The fraction of sp³-hybridized carbons (Fsp3) is 0.611. The Balaban J connectivity index is 1.65. The second-order valence-electron chi connectivity index (χ2n) is 7.24. The van der Waals surface area contributed by atoms with Gasteiger partial charge in [0.15, 0.2) is 5.96 Å². The van der Waals surface area contributed by atoms with Gasteiger partial charge in [-0.25, -0.2) is 0 Å². The zero-order chi connectivity index (χ0) is 18.7. The van der Waals surface area contributed by atoms with E-state index in [0.29, 0.717) is 19.0 Å². The molecule has 3 rings (SSSR count). The highest BCUT2D eigenvalue weighted by atomic mass is 32.2. The topological polar surface area (TPSA) is 91.0 Å². The fourth-order valence-electron chi connectivity index (χ4n) is 3.71. The van der Waals surface area contributed by atoms with Crippen LogP contribution in [0.4, 0.5) is 5.69 Å². The Labute approximate surface area is 156 Å². The highest BCUT2D eigenvalue weighted by molar-refractivity contribution is 7.86. The molecular formula is C18H29N5O2S. The number of benzene rings is 1. The first-order chi connectivity index (χ1) is 12.4. The monoisotopic (exact) mass is 379 g/mol. The van der Waals surface area contributed by atoms with Crippen molar-refractivity contribution in [1.29, 1.82) is 0 Å². The summed E-state index contributed by atoms with van der Waals surface area (Å²) in [5.41, 5.74) is 9.77. The van der Waals surface area contributed by atoms with Gasteiger partial charge >= 0.3 is 0 Å². The molecule has 1 heterocycles. The molecule has 2 aliphatic rings. The molecule has 1 atom stereocenters. The molecule has 8 heteroatoms.